The van der Waals surface area contributed by atoms with Crippen molar-refractivity contribution in [3.8, 4) is 0 Å². The molecule has 7 heteroatoms. The number of hydrogen-bond donors (Lipinski definition) is 1. The third kappa shape index (κ3) is 4.19. The van der Waals surface area contributed by atoms with Crippen molar-refractivity contribution in [1.29, 1.82) is 0 Å². The smallest absolute Gasteiger partial charge is 0.134 e. The van der Waals surface area contributed by atoms with Crippen LogP contribution in [0.15, 0.2) is 6.07 Å². The first-order chi connectivity index (χ1) is 12.2. The minimum atomic E-state index is 0.689. The number of nitrogens with zero attached hydrogens (tertiary/aromatic N) is 3. The second-order valence-corrected chi connectivity index (χ2v) is 9.85. The van der Waals surface area contributed by atoms with Gasteiger partial charge in [-0.1, -0.05) is 0 Å². The van der Waals surface area contributed by atoms with Crippen LogP contribution in [0.5, 0.6) is 0 Å². The maximum Gasteiger partial charge on any atom is 0.134 e. The number of methoxy groups -OCH3 is 1. The maximum atomic E-state index is 5.37. The Morgan fingerprint density at radius 2 is 2.24 bits per heavy atom. The van der Waals surface area contributed by atoms with Gasteiger partial charge < -0.3 is 15.0 Å². The van der Waals surface area contributed by atoms with Gasteiger partial charge in [-0.25, -0.2) is 9.97 Å². The van der Waals surface area contributed by atoms with Gasteiger partial charge >= 0.3 is 0 Å². The zero-order chi connectivity index (χ0) is 17.2. The van der Waals surface area contributed by atoms with E-state index in [1.807, 2.05) is 14.0 Å². The summed E-state index contributed by atoms with van der Waals surface area (Å²) in [6, 6.07) is 2.14. The first-order valence-electron chi connectivity index (χ1n) is 9.27. The average molecular weight is 381 g/mol. The molecule has 3 heterocycles. The van der Waals surface area contributed by atoms with E-state index in [0.717, 1.165) is 61.5 Å². The molecule has 25 heavy (non-hydrogen) atoms. The number of piperidine rings is 1. The third-order valence-electron chi connectivity index (χ3n) is 5.58. The number of fused-ring (bicyclic) bond motifs is 1. The van der Waals surface area contributed by atoms with Gasteiger partial charge in [0.25, 0.3) is 0 Å². The van der Waals surface area contributed by atoms with E-state index in [-0.39, 0.29) is 0 Å². The van der Waals surface area contributed by atoms with Gasteiger partial charge in [-0.15, -0.1) is 0 Å². The highest BCUT2D eigenvalue weighted by Crippen LogP contribution is 2.52. The summed E-state index contributed by atoms with van der Waals surface area (Å²) < 4.78 is 5.37. The Morgan fingerprint density at radius 1 is 1.32 bits per heavy atom. The summed E-state index contributed by atoms with van der Waals surface area (Å²) >= 11 is 4.14. The van der Waals surface area contributed by atoms with Gasteiger partial charge in [0.05, 0.1) is 0 Å². The van der Waals surface area contributed by atoms with Crippen molar-refractivity contribution in [3.63, 3.8) is 0 Å². The number of ether oxygens (including phenoxy) is 1. The van der Waals surface area contributed by atoms with Crippen molar-refractivity contribution < 1.29 is 4.74 Å². The normalized spacial score (nSPS) is 31.5. The molecule has 5 nitrogen and oxygen atoms in total. The molecule has 1 aliphatic carbocycles. The second-order valence-electron chi connectivity index (χ2n) is 7.29. The lowest BCUT2D eigenvalue weighted by Crippen LogP contribution is -2.32. The summed E-state index contributed by atoms with van der Waals surface area (Å²) in [5, 5.41) is 4.24. The Kier molecular flexibility index (Phi) is 5.62. The molecule has 1 aromatic heterocycles. The summed E-state index contributed by atoms with van der Waals surface area (Å²) in [4.78, 5) is 11.8. The molecule has 1 aromatic rings. The molecule has 4 rings (SSSR count). The predicted molar refractivity (Wildman–Crippen MR) is 108 cm³/mol. The number of aryl methyl sites for hydroxylation is 1. The monoisotopic (exact) mass is 380 g/mol. The van der Waals surface area contributed by atoms with E-state index in [1.54, 1.807) is 0 Å². The highest BCUT2D eigenvalue weighted by molar-refractivity contribution is 8.06. The summed E-state index contributed by atoms with van der Waals surface area (Å²) in [5.74, 6) is 9.14. The molecule has 0 aromatic carbocycles. The van der Waals surface area contributed by atoms with Gasteiger partial charge in [-0.05, 0) is 31.1 Å². The lowest BCUT2D eigenvalue weighted by molar-refractivity contribution is 0.178. The van der Waals surface area contributed by atoms with E-state index in [4.69, 9.17) is 9.72 Å². The second kappa shape index (κ2) is 7.92. The first-order valence-corrected chi connectivity index (χ1v) is 11.5. The highest BCUT2D eigenvalue weighted by Gasteiger charge is 2.52. The van der Waals surface area contributed by atoms with Crippen molar-refractivity contribution in [2.24, 2.45) is 17.8 Å². The molecule has 3 aliphatic rings. The maximum absolute atomic E-state index is 5.37. The molecule has 2 aliphatic heterocycles. The lowest BCUT2D eigenvalue weighted by Gasteiger charge is -2.28. The molecule has 0 radical (unpaired) electrons. The van der Waals surface area contributed by atoms with Gasteiger partial charge in [-0.2, -0.15) is 23.5 Å². The molecule has 1 N–H and O–H groups in total. The van der Waals surface area contributed by atoms with E-state index < -0.39 is 0 Å². The Balaban J connectivity index is 1.38. The molecular formula is C18H28N4OS2. The first kappa shape index (κ1) is 17.7. The minimum absolute atomic E-state index is 0.689. The molecule has 0 bridgehead atoms. The number of rotatable bonds is 6. The molecule has 3 fully saturated rings. The van der Waals surface area contributed by atoms with Crippen LogP contribution >= 0.6 is 23.5 Å². The number of thioether (sulfide) groups is 2. The van der Waals surface area contributed by atoms with Crippen molar-refractivity contribution in [3.05, 3.63) is 11.9 Å². The van der Waals surface area contributed by atoms with Gasteiger partial charge in [0, 0.05) is 61.9 Å². The number of hydrogen-bond acceptors (Lipinski definition) is 7. The molecule has 138 valence electrons. The highest BCUT2D eigenvalue weighted by atomic mass is 32.2. The van der Waals surface area contributed by atoms with Gasteiger partial charge in [-0.3, -0.25) is 0 Å². The third-order valence-corrected chi connectivity index (χ3v) is 8.42. The number of nitrogens with one attached hydrogen (secondary N) is 1. The summed E-state index contributed by atoms with van der Waals surface area (Å²) in [5.41, 5.74) is 0. The molecule has 4 atom stereocenters. The lowest BCUT2D eigenvalue weighted by atomic mass is 10.1. The topological polar surface area (TPSA) is 50.3 Å². The van der Waals surface area contributed by atoms with Gasteiger partial charge in [0.15, 0.2) is 0 Å². The molecular weight excluding hydrogens is 352 g/mol. The average Bonchev–Trinajstić information content (AvgIpc) is 3.33. The summed E-state index contributed by atoms with van der Waals surface area (Å²) in [6.45, 7) is 6.12. The largest absolute Gasteiger partial charge is 0.384 e. The van der Waals surface area contributed by atoms with Crippen LogP contribution < -0.4 is 10.2 Å². The van der Waals surface area contributed by atoms with Crippen LogP contribution in [0.1, 0.15) is 12.2 Å². The fourth-order valence-corrected chi connectivity index (χ4v) is 6.81. The van der Waals surface area contributed by atoms with Crippen LogP contribution in [0, 0.1) is 24.7 Å². The summed E-state index contributed by atoms with van der Waals surface area (Å²) in [6.07, 6.45) is 1.26. The number of anilines is 2. The van der Waals surface area contributed by atoms with Gasteiger partial charge in [0.2, 0.25) is 0 Å². The Hall–Kier alpha value is -0.660. The predicted octanol–water partition coefficient (Wildman–Crippen LogP) is 2.76. The van der Waals surface area contributed by atoms with Crippen molar-refractivity contribution >= 4 is 35.2 Å². The standard InChI is InChI=1S/C18H28N4OS2/c1-12-20-17(19-8-13-11-24-5-6-25-13)7-18(21-12)22-4-3-14-15(9-22)16(14)10-23-2/h7,13-16H,3-6,8-11H2,1-2H3,(H,19,20,21)/t13?,14-,15+,16+/m0/s1. The summed E-state index contributed by atoms with van der Waals surface area (Å²) in [7, 11) is 1.82. The van der Waals surface area contributed by atoms with Crippen LogP contribution in [0.25, 0.3) is 0 Å². The van der Waals surface area contributed by atoms with Crippen LogP contribution in [0.2, 0.25) is 0 Å². The molecule has 0 spiro atoms. The molecule has 2 saturated heterocycles. The number of aromatic nitrogens is 2. The van der Waals surface area contributed by atoms with Crippen LogP contribution in [0.3, 0.4) is 0 Å². The Labute approximate surface area is 159 Å². The van der Waals surface area contributed by atoms with Gasteiger partial charge in [0.1, 0.15) is 17.5 Å². The van der Waals surface area contributed by atoms with E-state index in [0.29, 0.717) is 5.25 Å². The quantitative estimate of drug-likeness (QED) is 0.814. The zero-order valence-electron chi connectivity index (χ0n) is 15.1. The molecule has 1 unspecified atom stereocenters. The van der Waals surface area contributed by atoms with Crippen molar-refractivity contribution in [2.45, 2.75) is 18.6 Å². The Bertz CT molecular complexity index is 596. The van der Waals surface area contributed by atoms with Crippen LogP contribution in [-0.4, -0.2) is 65.8 Å². The van der Waals surface area contributed by atoms with Crippen molar-refractivity contribution in [2.75, 3.05) is 60.8 Å². The van der Waals surface area contributed by atoms with E-state index in [9.17, 15) is 0 Å². The van der Waals surface area contributed by atoms with Crippen LogP contribution in [0.4, 0.5) is 11.6 Å². The Morgan fingerprint density at radius 3 is 3.04 bits per heavy atom. The molecule has 0 amide bonds. The fraction of sp³-hybridized carbons (Fsp3) is 0.778. The molecule has 1 saturated carbocycles. The van der Waals surface area contributed by atoms with E-state index in [1.165, 1.54) is 23.7 Å². The van der Waals surface area contributed by atoms with Crippen LogP contribution in [-0.2, 0) is 4.74 Å². The van der Waals surface area contributed by atoms with Crippen molar-refractivity contribution in [1.82, 2.24) is 9.97 Å². The zero-order valence-corrected chi connectivity index (χ0v) is 16.7. The minimum Gasteiger partial charge on any atom is -0.384 e. The SMILES string of the molecule is COC[C@@H]1[C@H]2CCN(c3cc(NCC4CSCCS4)nc(C)n3)C[C@H]21. The van der Waals surface area contributed by atoms with E-state index >= 15 is 0 Å². The fourth-order valence-electron chi connectivity index (χ4n) is 4.20. The van der Waals surface area contributed by atoms with E-state index in [2.05, 4.69) is 44.8 Å².